The second-order valence-corrected chi connectivity index (χ2v) is 4.16. The molecule has 1 aromatic rings. The van der Waals surface area contributed by atoms with Gasteiger partial charge in [0.1, 0.15) is 5.75 Å². The largest absolute Gasteiger partial charge is 0.493 e. The lowest BCUT2D eigenvalue weighted by Crippen LogP contribution is -1.91. The summed E-state index contributed by atoms with van der Waals surface area (Å²) in [7, 11) is 0. The maximum Gasteiger partial charge on any atom is 0.122 e. The molecule has 1 aliphatic heterocycles. The maximum absolute atomic E-state index is 5.45. The molecule has 74 valence electrons. The minimum atomic E-state index is 0.832. The molecule has 0 amide bonds. The van der Waals surface area contributed by atoms with Crippen molar-refractivity contribution in [3.8, 4) is 5.75 Å². The van der Waals surface area contributed by atoms with Crippen LogP contribution in [0.15, 0.2) is 30.4 Å². The van der Waals surface area contributed by atoms with Crippen molar-refractivity contribution in [3.63, 3.8) is 0 Å². The van der Waals surface area contributed by atoms with E-state index in [0.717, 1.165) is 30.5 Å². The summed E-state index contributed by atoms with van der Waals surface area (Å²) in [6.07, 6.45) is 2.00. The molecule has 14 heavy (non-hydrogen) atoms. The molecule has 0 N–H and O–H groups in total. The molecule has 0 aromatic heterocycles. The van der Waals surface area contributed by atoms with Gasteiger partial charge in [0.15, 0.2) is 0 Å². The van der Waals surface area contributed by atoms with Gasteiger partial charge in [-0.3, -0.25) is 0 Å². The van der Waals surface area contributed by atoms with E-state index in [-0.39, 0.29) is 0 Å². The first kappa shape index (κ1) is 9.78. The Bertz CT molecular complexity index is 357. The van der Waals surface area contributed by atoms with Crippen LogP contribution >= 0.6 is 15.9 Å². The maximum atomic E-state index is 5.45. The van der Waals surface area contributed by atoms with Crippen LogP contribution in [0.2, 0.25) is 0 Å². The number of allylic oxidation sites excluding steroid dienone is 1. The third kappa shape index (κ3) is 2.01. The van der Waals surface area contributed by atoms with E-state index in [2.05, 4.69) is 40.7 Å². The van der Waals surface area contributed by atoms with Gasteiger partial charge in [0.25, 0.3) is 0 Å². The Kier molecular flexibility index (Phi) is 2.92. The zero-order valence-electron chi connectivity index (χ0n) is 8.05. The Morgan fingerprint density at radius 1 is 1.50 bits per heavy atom. The van der Waals surface area contributed by atoms with E-state index in [1.807, 2.05) is 0 Å². The second-order valence-electron chi connectivity index (χ2n) is 3.60. The van der Waals surface area contributed by atoms with Gasteiger partial charge in [-0.1, -0.05) is 40.2 Å². The van der Waals surface area contributed by atoms with Gasteiger partial charge >= 0.3 is 0 Å². The molecule has 1 heterocycles. The molecular formula is C12H13BrO. The highest BCUT2D eigenvalue weighted by molar-refractivity contribution is 9.09. The molecule has 1 aromatic carbocycles. The number of rotatable bonds is 3. The van der Waals surface area contributed by atoms with Crippen molar-refractivity contribution in [2.24, 2.45) is 0 Å². The first-order valence-corrected chi connectivity index (χ1v) is 5.89. The molecule has 0 atom stereocenters. The van der Waals surface area contributed by atoms with Gasteiger partial charge in [-0.25, -0.2) is 0 Å². The van der Waals surface area contributed by atoms with Crippen LogP contribution in [0.3, 0.4) is 0 Å². The highest BCUT2D eigenvalue weighted by Gasteiger charge is 2.11. The van der Waals surface area contributed by atoms with E-state index in [1.165, 1.54) is 16.7 Å². The number of hydrogen-bond donors (Lipinski definition) is 0. The van der Waals surface area contributed by atoms with Crippen LogP contribution in [0.5, 0.6) is 5.75 Å². The lowest BCUT2D eigenvalue weighted by Gasteiger charge is -2.04. The molecule has 1 nitrogen and oxygen atoms in total. The topological polar surface area (TPSA) is 9.23 Å². The van der Waals surface area contributed by atoms with Crippen LogP contribution in [0.1, 0.15) is 11.1 Å². The number of benzene rings is 1. The van der Waals surface area contributed by atoms with Gasteiger partial charge in [-0.05, 0) is 23.6 Å². The molecular weight excluding hydrogens is 240 g/mol. The van der Waals surface area contributed by atoms with Crippen molar-refractivity contribution >= 4 is 15.9 Å². The van der Waals surface area contributed by atoms with E-state index in [1.54, 1.807) is 0 Å². The molecule has 0 spiro atoms. The van der Waals surface area contributed by atoms with Crippen LogP contribution in [-0.2, 0) is 12.8 Å². The minimum Gasteiger partial charge on any atom is -0.493 e. The van der Waals surface area contributed by atoms with Gasteiger partial charge in [0.2, 0.25) is 0 Å². The van der Waals surface area contributed by atoms with Crippen molar-refractivity contribution in [1.82, 2.24) is 0 Å². The normalized spacial score (nSPS) is 13.5. The third-order valence-electron chi connectivity index (χ3n) is 2.40. The van der Waals surface area contributed by atoms with Gasteiger partial charge < -0.3 is 4.74 Å². The van der Waals surface area contributed by atoms with Gasteiger partial charge in [0, 0.05) is 11.8 Å². The summed E-state index contributed by atoms with van der Waals surface area (Å²) in [5.74, 6) is 1.05. The molecule has 1 aliphatic rings. The van der Waals surface area contributed by atoms with Gasteiger partial charge in [-0.15, -0.1) is 0 Å². The summed E-state index contributed by atoms with van der Waals surface area (Å²) in [6.45, 7) is 4.82. The summed E-state index contributed by atoms with van der Waals surface area (Å²) in [5, 5.41) is 0.876. The predicted octanol–water partition coefficient (Wildman–Crippen LogP) is 3.12. The fraction of sp³-hybridized carbons (Fsp3) is 0.333. The number of alkyl halides is 1. The van der Waals surface area contributed by atoms with Crippen LogP contribution in [-0.4, -0.2) is 11.9 Å². The summed E-state index contributed by atoms with van der Waals surface area (Å²) in [4.78, 5) is 0. The lowest BCUT2D eigenvalue weighted by molar-refractivity contribution is 0.357. The average Bonchev–Trinajstić information content (AvgIpc) is 2.64. The number of fused-ring (bicyclic) bond motifs is 1. The summed E-state index contributed by atoms with van der Waals surface area (Å²) in [6, 6.07) is 6.42. The van der Waals surface area contributed by atoms with Crippen molar-refractivity contribution in [3.05, 3.63) is 41.5 Å². The third-order valence-corrected chi connectivity index (χ3v) is 3.19. The molecule has 2 heteroatoms. The monoisotopic (exact) mass is 252 g/mol. The Labute approximate surface area is 92.9 Å². The fourth-order valence-corrected chi connectivity index (χ4v) is 1.88. The zero-order valence-corrected chi connectivity index (χ0v) is 9.64. The van der Waals surface area contributed by atoms with Crippen molar-refractivity contribution in [1.29, 1.82) is 0 Å². The molecule has 0 aliphatic carbocycles. The Balaban J connectivity index is 2.16. The zero-order chi connectivity index (χ0) is 9.97. The highest BCUT2D eigenvalue weighted by Crippen LogP contribution is 2.26. The van der Waals surface area contributed by atoms with E-state index in [4.69, 9.17) is 4.74 Å². The quantitative estimate of drug-likeness (QED) is 0.594. The van der Waals surface area contributed by atoms with Gasteiger partial charge in [-0.2, -0.15) is 0 Å². The average molecular weight is 253 g/mol. The van der Waals surface area contributed by atoms with Crippen LogP contribution in [0, 0.1) is 0 Å². The molecule has 0 radical (unpaired) electrons. The summed E-state index contributed by atoms with van der Waals surface area (Å²) < 4.78 is 5.45. The van der Waals surface area contributed by atoms with Crippen molar-refractivity contribution < 1.29 is 4.74 Å². The molecule has 0 unspecified atom stereocenters. The van der Waals surface area contributed by atoms with Gasteiger partial charge in [0.05, 0.1) is 6.61 Å². The number of hydrogen-bond acceptors (Lipinski definition) is 1. The molecule has 0 saturated carbocycles. The van der Waals surface area contributed by atoms with E-state index in [0.29, 0.717) is 0 Å². The molecule has 2 rings (SSSR count). The molecule has 0 saturated heterocycles. The first-order valence-electron chi connectivity index (χ1n) is 4.77. The highest BCUT2D eigenvalue weighted by atomic mass is 79.9. The first-order chi connectivity index (χ1) is 6.79. The van der Waals surface area contributed by atoms with Crippen molar-refractivity contribution in [2.45, 2.75) is 12.8 Å². The fourth-order valence-electron chi connectivity index (χ4n) is 1.69. The standard InChI is InChI=1S/C12H13BrO/c1-9(8-13)6-10-2-3-12-11(7-10)4-5-14-12/h2-3,7H,1,4-6,8H2. The van der Waals surface area contributed by atoms with Crippen LogP contribution < -0.4 is 4.74 Å². The van der Waals surface area contributed by atoms with Crippen LogP contribution in [0.25, 0.3) is 0 Å². The van der Waals surface area contributed by atoms with E-state index >= 15 is 0 Å². The Morgan fingerprint density at radius 2 is 2.36 bits per heavy atom. The number of ether oxygens (including phenoxy) is 1. The van der Waals surface area contributed by atoms with Crippen molar-refractivity contribution in [2.75, 3.05) is 11.9 Å². The Hall–Kier alpha value is -0.760. The van der Waals surface area contributed by atoms with E-state index < -0.39 is 0 Å². The van der Waals surface area contributed by atoms with Crippen LogP contribution in [0.4, 0.5) is 0 Å². The molecule has 0 fully saturated rings. The number of halogens is 1. The predicted molar refractivity (Wildman–Crippen MR) is 62.3 cm³/mol. The van der Waals surface area contributed by atoms with E-state index in [9.17, 15) is 0 Å². The minimum absolute atomic E-state index is 0.832. The smallest absolute Gasteiger partial charge is 0.122 e. The summed E-state index contributed by atoms with van der Waals surface area (Å²) >= 11 is 3.41. The Morgan fingerprint density at radius 3 is 3.14 bits per heavy atom. The second kappa shape index (κ2) is 4.18. The SMILES string of the molecule is C=C(CBr)Cc1ccc2c(c1)CCO2. The lowest BCUT2D eigenvalue weighted by atomic mass is 10.0. The molecule has 0 bridgehead atoms. The summed E-state index contributed by atoms with van der Waals surface area (Å²) in [5.41, 5.74) is 3.88.